The van der Waals surface area contributed by atoms with Crippen molar-refractivity contribution in [2.45, 2.75) is 0 Å². The molecule has 2 aromatic heterocycles. The molecular weight excluding hydrogens is 436 g/mol. The van der Waals surface area contributed by atoms with E-state index in [4.69, 9.17) is 14.3 Å². The van der Waals surface area contributed by atoms with Crippen LogP contribution in [0.1, 0.15) is 5.56 Å². The van der Waals surface area contributed by atoms with Crippen LogP contribution < -0.4 is 0 Å². The van der Waals surface area contributed by atoms with Crippen LogP contribution in [0.15, 0.2) is 81.2 Å². The highest BCUT2D eigenvalue weighted by atomic mass is 32.2. The second-order valence-corrected chi connectivity index (χ2v) is 8.78. The molecule has 1 amide bonds. The number of hydrogen-bond donors (Lipinski definition) is 0. The van der Waals surface area contributed by atoms with Crippen molar-refractivity contribution in [3.05, 3.63) is 77.3 Å². The zero-order chi connectivity index (χ0) is 22.2. The summed E-state index contributed by atoms with van der Waals surface area (Å²) in [5.41, 5.74) is 3.20. The molecule has 0 saturated carbocycles. The number of para-hydroxylation sites is 2. The van der Waals surface area contributed by atoms with Crippen LogP contribution in [-0.4, -0.2) is 52.1 Å². The van der Waals surface area contributed by atoms with E-state index in [-0.39, 0.29) is 5.91 Å². The molecule has 0 radical (unpaired) electrons. The molecule has 0 bridgehead atoms. The molecule has 164 valence electrons. The summed E-state index contributed by atoms with van der Waals surface area (Å²) >= 11 is 1.40. The number of benzene rings is 2. The Bertz CT molecular complexity index is 1360. The van der Waals surface area contributed by atoms with Gasteiger partial charge in [-0.15, -0.1) is 0 Å². The molecule has 8 heteroatoms. The number of ether oxygens (including phenoxy) is 1. The predicted octanol–water partition coefficient (Wildman–Crippen LogP) is 4.59. The van der Waals surface area contributed by atoms with Crippen LogP contribution in [0.3, 0.4) is 0 Å². The van der Waals surface area contributed by atoms with E-state index < -0.39 is 0 Å². The standard InChI is InChI=1S/C25H20N4O3S/c30-24-22(33-25(26-24)28-10-12-31-13-11-28)15-18-16-29(19-7-2-1-3-8-19)27-23(18)21-14-17-6-4-5-9-20(17)32-21/h1-9,14-16H,10-13H2. The van der Waals surface area contributed by atoms with Gasteiger partial charge in [-0.05, 0) is 42.1 Å². The summed E-state index contributed by atoms with van der Waals surface area (Å²) in [6.07, 6.45) is 3.78. The summed E-state index contributed by atoms with van der Waals surface area (Å²) in [5, 5.41) is 6.55. The van der Waals surface area contributed by atoms with Crippen molar-refractivity contribution in [3.8, 4) is 17.1 Å². The van der Waals surface area contributed by atoms with Gasteiger partial charge in [-0.1, -0.05) is 36.4 Å². The van der Waals surface area contributed by atoms with Gasteiger partial charge in [0.15, 0.2) is 10.9 Å². The number of carbonyl (C=O) groups excluding carboxylic acids is 1. The number of hydrogen-bond acceptors (Lipinski definition) is 6. The van der Waals surface area contributed by atoms with Crippen LogP contribution in [0.25, 0.3) is 34.2 Å². The van der Waals surface area contributed by atoms with E-state index >= 15 is 0 Å². The summed E-state index contributed by atoms with van der Waals surface area (Å²) in [6.45, 7) is 2.77. The van der Waals surface area contributed by atoms with Crippen LogP contribution in [0.4, 0.5) is 0 Å². The molecule has 0 atom stereocenters. The van der Waals surface area contributed by atoms with E-state index in [1.54, 1.807) is 0 Å². The minimum atomic E-state index is -0.232. The van der Waals surface area contributed by atoms with Gasteiger partial charge in [-0.25, -0.2) is 4.68 Å². The summed E-state index contributed by atoms with van der Waals surface area (Å²) in [5.74, 6) is 0.423. The zero-order valence-electron chi connectivity index (χ0n) is 17.7. The molecule has 2 aliphatic rings. The van der Waals surface area contributed by atoms with Gasteiger partial charge in [0.25, 0.3) is 5.91 Å². The number of amides is 1. The number of fused-ring (bicyclic) bond motifs is 1. The summed E-state index contributed by atoms with van der Waals surface area (Å²) in [6, 6.07) is 19.7. The van der Waals surface area contributed by atoms with Crippen LogP contribution in [0.5, 0.6) is 0 Å². The fraction of sp³-hybridized carbons (Fsp3) is 0.160. The molecular formula is C25H20N4O3S. The van der Waals surface area contributed by atoms with Crippen LogP contribution in [-0.2, 0) is 9.53 Å². The molecule has 1 saturated heterocycles. The maximum absolute atomic E-state index is 12.7. The Morgan fingerprint density at radius 1 is 1.00 bits per heavy atom. The lowest BCUT2D eigenvalue weighted by Crippen LogP contribution is -2.38. The smallest absolute Gasteiger partial charge is 0.286 e. The molecule has 2 aromatic carbocycles. The Labute approximate surface area is 194 Å². The zero-order valence-corrected chi connectivity index (χ0v) is 18.5. The van der Waals surface area contributed by atoms with Crippen molar-refractivity contribution in [3.63, 3.8) is 0 Å². The number of amidine groups is 1. The van der Waals surface area contributed by atoms with Crippen LogP contribution in [0, 0.1) is 0 Å². The van der Waals surface area contributed by atoms with Crippen molar-refractivity contribution in [1.29, 1.82) is 0 Å². The van der Waals surface area contributed by atoms with Crippen LogP contribution in [0.2, 0.25) is 0 Å². The highest BCUT2D eigenvalue weighted by molar-refractivity contribution is 8.18. The topological polar surface area (TPSA) is 72.9 Å². The van der Waals surface area contributed by atoms with Gasteiger partial charge >= 0.3 is 0 Å². The van der Waals surface area contributed by atoms with Gasteiger partial charge < -0.3 is 14.1 Å². The van der Waals surface area contributed by atoms with Gasteiger partial charge in [-0.2, -0.15) is 10.1 Å². The lowest BCUT2D eigenvalue weighted by atomic mass is 10.2. The third-order valence-corrected chi connectivity index (χ3v) is 6.64. The maximum Gasteiger partial charge on any atom is 0.286 e. The Morgan fingerprint density at radius 2 is 1.79 bits per heavy atom. The molecule has 0 N–H and O–H groups in total. The predicted molar refractivity (Wildman–Crippen MR) is 129 cm³/mol. The Kier molecular flexibility index (Phi) is 5.09. The molecule has 0 spiro atoms. The molecule has 0 aliphatic carbocycles. The maximum atomic E-state index is 12.7. The summed E-state index contributed by atoms with van der Waals surface area (Å²) in [4.78, 5) is 19.7. The molecule has 0 unspecified atom stereocenters. The molecule has 4 aromatic rings. The fourth-order valence-electron chi connectivity index (χ4n) is 3.93. The van der Waals surface area contributed by atoms with Crippen molar-refractivity contribution >= 4 is 39.9 Å². The number of carbonyl (C=O) groups is 1. The Hall–Kier alpha value is -3.62. The average molecular weight is 457 g/mol. The van der Waals surface area contributed by atoms with Gasteiger partial charge in [0, 0.05) is 30.2 Å². The van der Waals surface area contributed by atoms with Gasteiger partial charge in [-0.3, -0.25) is 4.79 Å². The highest BCUT2D eigenvalue weighted by Gasteiger charge is 2.28. The number of nitrogens with zero attached hydrogens (tertiary/aromatic N) is 4. The minimum Gasteiger partial charge on any atom is -0.454 e. The first-order valence-electron chi connectivity index (χ1n) is 10.7. The fourth-order valence-corrected chi connectivity index (χ4v) is 4.88. The first-order chi connectivity index (χ1) is 16.2. The average Bonchev–Trinajstić information content (AvgIpc) is 3.57. The monoisotopic (exact) mass is 456 g/mol. The van der Waals surface area contributed by atoms with E-state index in [1.165, 1.54) is 11.8 Å². The van der Waals surface area contributed by atoms with Crippen molar-refractivity contribution in [1.82, 2.24) is 14.7 Å². The third kappa shape index (κ3) is 3.88. The van der Waals surface area contributed by atoms with Gasteiger partial charge in [0.2, 0.25) is 0 Å². The van der Waals surface area contributed by atoms with E-state index in [1.807, 2.05) is 77.6 Å². The van der Waals surface area contributed by atoms with Crippen LogP contribution >= 0.6 is 11.8 Å². The number of aromatic nitrogens is 2. The number of furan rings is 1. The van der Waals surface area contributed by atoms with E-state index in [2.05, 4.69) is 9.89 Å². The largest absolute Gasteiger partial charge is 0.454 e. The minimum absolute atomic E-state index is 0.232. The molecule has 6 rings (SSSR count). The quantitative estimate of drug-likeness (QED) is 0.420. The molecule has 1 fully saturated rings. The molecule has 7 nitrogen and oxygen atoms in total. The number of rotatable bonds is 3. The van der Waals surface area contributed by atoms with E-state index in [0.29, 0.717) is 29.6 Å². The lowest BCUT2D eigenvalue weighted by molar-refractivity contribution is -0.113. The van der Waals surface area contributed by atoms with E-state index in [9.17, 15) is 4.79 Å². The van der Waals surface area contributed by atoms with Crippen molar-refractivity contribution in [2.24, 2.45) is 4.99 Å². The van der Waals surface area contributed by atoms with Gasteiger partial charge in [0.1, 0.15) is 11.3 Å². The third-order valence-electron chi connectivity index (χ3n) is 5.60. The number of aliphatic imine (C=N–C) groups is 1. The SMILES string of the molecule is O=C1N=C(N2CCOCC2)SC1=Cc1cn(-c2ccccc2)nc1-c1cc2ccccc2o1. The number of morpholine rings is 1. The molecule has 4 heterocycles. The highest BCUT2D eigenvalue weighted by Crippen LogP contribution is 2.35. The second-order valence-electron chi connectivity index (χ2n) is 7.77. The normalized spacial score (nSPS) is 17.8. The first kappa shape index (κ1) is 20.0. The Balaban J connectivity index is 1.40. The number of thioether (sulfide) groups is 1. The molecule has 2 aliphatic heterocycles. The van der Waals surface area contributed by atoms with E-state index in [0.717, 1.165) is 40.5 Å². The molecule has 33 heavy (non-hydrogen) atoms. The second kappa shape index (κ2) is 8.38. The summed E-state index contributed by atoms with van der Waals surface area (Å²) in [7, 11) is 0. The van der Waals surface area contributed by atoms with Gasteiger partial charge in [0.05, 0.1) is 23.8 Å². The van der Waals surface area contributed by atoms with Crippen molar-refractivity contribution in [2.75, 3.05) is 26.3 Å². The Morgan fingerprint density at radius 3 is 2.61 bits per heavy atom. The van der Waals surface area contributed by atoms with Crippen molar-refractivity contribution < 1.29 is 13.9 Å². The first-order valence-corrected chi connectivity index (χ1v) is 11.6. The summed E-state index contributed by atoms with van der Waals surface area (Å²) < 4.78 is 13.3. The lowest BCUT2D eigenvalue weighted by Gasteiger charge is -2.27.